The fraction of sp³-hybridized carbons (Fsp3) is 0.308. The lowest BCUT2D eigenvalue weighted by Crippen LogP contribution is -2.40. The van der Waals surface area contributed by atoms with Crippen molar-refractivity contribution in [3.05, 3.63) is 88.8 Å². The molecule has 0 bridgehead atoms. The fourth-order valence-corrected chi connectivity index (χ4v) is 4.46. The van der Waals surface area contributed by atoms with Gasteiger partial charge >= 0.3 is 5.97 Å². The van der Waals surface area contributed by atoms with Crippen LogP contribution in [0, 0.1) is 5.92 Å². The van der Waals surface area contributed by atoms with E-state index in [1.165, 1.54) is 0 Å². The van der Waals surface area contributed by atoms with E-state index in [1.807, 2.05) is 61.5 Å². The van der Waals surface area contributed by atoms with Crippen LogP contribution in [0.25, 0.3) is 0 Å². The van der Waals surface area contributed by atoms with Crippen LogP contribution in [-0.4, -0.2) is 25.5 Å². The molecule has 31 heavy (non-hydrogen) atoms. The summed E-state index contributed by atoms with van der Waals surface area (Å²) in [7, 11) is 1.61. The molecule has 0 amide bonds. The third-order valence-electron chi connectivity index (χ3n) is 5.96. The largest absolute Gasteiger partial charge is 0.497 e. The normalized spacial score (nSPS) is 20.5. The summed E-state index contributed by atoms with van der Waals surface area (Å²) in [6.07, 6.45) is 3.91. The number of ether oxygens (including phenoxy) is 2. The minimum Gasteiger partial charge on any atom is -0.497 e. The van der Waals surface area contributed by atoms with Crippen molar-refractivity contribution in [1.29, 1.82) is 0 Å². The molecule has 1 heterocycles. The molecule has 1 aliphatic carbocycles. The van der Waals surface area contributed by atoms with Crippen molar-refractivity contribution in [2.24, 2.45) is 5.92 Å². The van der Waals surface area contributed by atoms with Gasteiger partial charge in [-0.1, -0.05) is 48.5 Å². The lowest BCUT2D eigenvalue weighted by molar-refractivity contribution is -0.139. The van der Waals surface area contributed by atoms with Gasteiger partial charge in [-0.3, -0.25) is 4.79 Å². The van der Waals surface area contributed by atoms with Crippen molar-refractivity contribution in [3.8, 4) is 5.75 Å². The molecule has 2 aromatic carbocycles. The number of benzene rings is 2. The molecule has 4 rings (SSSR count). The molecule has 1 aliphatic heterocycles. The molecule has 2 unspecified atom stereocenters. The maximum Gasteiger partial charge on any atom is 0.336 e. The number of carbonyl (C=O) groups excluding carboxylic acids is 2. The zero-order chi connectivity index (χ0) is 21.8. The highest BCUT2D eigenvalue weighted by Gasteiger charge is 2.43. The highest BCUT2D eigenvalue weighted by Crippen LogP contribution is 2.44. The number of ketones is 1. The van der Waals surface area contributed by atoms with Crippen molar-refractivity contribution in [1.82, 2.24) is 5.32 Å². The van der Waals surface area contributed by atoms with E-state index in [4.69, 9.17) is 9.47 Å². The third-order valence-corrected chi connectivity index (χ3v) is 5.96. The van der Waals surface area contributed by atoms with E-state index < -0.39 is 11.8 Å². The Morgan fingerprint density at radius 1 is 1.10 bits per heavy atom. The summed E-state index contributed by atoms with van der Waals surface area (Å²) in [5.41, 5.74) is 4.11. The van der Waals surface area contributed by atoms with Gasteiger partial charge in [-0.2, -0.15) is 0 Å². The van der Waals surface area contributed by atoms with E-state index in [0.717, 1.165) is 22.5 Å². The van der Waals surface area contributed by atoms with E-state index in [0.29, 0.717) is 30.6 Å². The van der Waals surface area contributed by atoms with Crippen molar-refractivity contribution < 1.29 is 19.1 Å². The van der Waals surface area contributed by atoms with E-state index in [9.17, 15) is 9.59 Å². The molecule has 0 radical (unpaired) electrons. The SMILES string of the molecule is COc1cccc(C2C(C(=O)OCCc3ccccc3)=C(C)NC3=CCCC(=O)C32)c1. The molecule has 160 valence electrons. The lowest BCUT2D eigenvalue weighted by atomic mass is 9.71. The molecule has 5 heteroatoms. The number of hydrogen-bond acceptors (Lipinski definition) is 5. The van der Waals surface area contributed by atoms with Crippen LogP contribution in [-0.2, 0) is 20.7 Å². The molecule has 2 aliphatic rings. The van der Waals surface area contributed by atoms with E-state index in [2.05, 4.69) is 11.4 Å². The van der Waals surface area contributed by atoms with E-state index >= 15 is 0 Å². The highest BCUT2D eigenvalue weighted by molar-refractivity contribution is 5.96. The van der Waals surface area contributed by atoms with Crippen molar-refractivity contribution in [3.63, 3.8) is 0 Å². The van der Waals surface area contributed by atoms with Gasteiger partial charge in [0.1, 0.15) is 11.5 Å². The van der Waals surface area contributed by atoms with Gasteiger partial charge in [-0.25, -0.2) is 4.79 Å². The number of rotatable bonds is 6. The zero-order valence-electron chi connectivity index (χ0n) is 17.9. The molecule has 0 saturated heterocycles. The highest BCUT2D eigenvalue weighted by atomic mass is 16.5. The smallest absolute Gasteiger partial charge is 0.336 e. The average molecular weight is 418 g/mol. The van der Waals surface area contributed by atoms with Crippen LogP contribution in [0.1, 0.15) is 36.8 Å². The molecular weight excluding hydrogens is 390 g/mol. The van der Waals surface area contributed by atoms with Crippen LogP contribution in [0.15, 0.2) is 77.6 Å². The van der Waals surface area contributed by atoms with Gasteiger partial charge in [-0.05, 0) is 36.6 Å². The molecule has 0 saturated carbocycles. The quantitative estimate of drug-likeness (QED) is 0.710. The van der Waals surface area contributed by atoms with Crippen molar-refractivity contribution in [2.75, 3.05) is 13.7 Å². The summed E-state index contributed by atoms with van der Waals surface area (Å²) in [6, 6.07) is 17.5. The summed E-state index contributed by atoms with van der Waals surface area (Å²) in [5, 5.41) is 3.30. The van der Waals surface area contributed by atoms with Crippen LogP contribution in [0.3, 0.4) is 0 Å². The van der Waals surface area contributed by atoms with E-state index in [-0.39, 0.29) is 18.4 Å². The molecule has 2 aromatic rings. The van der Waals surface area contributed by atoms with Gasteiger partial charge in [0.05, 0.1) is 25.2 Å². The molecule has 0 aromatic heterocycles. The summed E-state index contributed by atoms with van der Waals surface area (Å²) in [4.78, 5) is 26.2. The minimum atomic E-state index is -0.416. The van der Waals surface area contributed by atoms with Gasteiger partial charge in [-0.15, -0.1) is 0 Å². The molecule has 5 nitrogen and oxygen atoms in total. The van der Waals surface area contributed by atoms with Gasteiger partial charge in [0, 0.05) is 30.2 Å². The van der Waals surface area contributed by atoms with Crippen LogP contribution >= 0.6 is 0 Å². The standard InChI is InChI=1S/C26H27NO4/c1-17-23(26(29)31-15-14-18-8-4-3-5-9-18)24(19-10-6-11-20(16-19)30-2)25-21(27-17)12-7-13-22(25)28/h3-6,8-12,16,24-25,27H,7,13-15H2,1-2H3. The topological polar surface area (TPSA) is 64.6 Å². The fourth-order valence-electron chi connectivity index (χ4n) is 4.46. The number of allylic oxidation sites excluding steroid dienone is 3. The summed E-state index contributed by atoms with van der Waals surface area (Å²) in [6.45, 7) is 2.16. The maximum absolute atomic E-state index is 13.2. The number of hydrogen-bond donors (Lipinski definition) is 1. The predicted octanol–water partition coefficient (Wildman–Crippen LogP) is 4.30. The van der Waals surface area contributed by atoms with Gasteiger partial charge in [0.2, 0.25) is 0 Å². The van der Waals surface area contributed by atoms with E-state index in [1.54, 1.807) is 7.11 Å². The second-order valence-electron chi connectivity index (χ2n) is 7.93. The average Bonchev–Trinajstić information content (AvgIpc) is 2.79. The Bertz CT molecular complexity index is 1040. The number of carbonyl (C=O) groups is 2. The predicted molar refractivity (Wildman–Crippen MR) is 118 cm³/mol. The summed E-state index contributed by atoms with van der Waals surface area (Å²) in [5.74, 6) is -0.369. The monoisotopic (exact) mass is 417 g/mol. The zero-order valence-corrected chi connectivity index (χ0v) is 17.9. The van der Waals surface area contributed by atoms with Crippen molar-refractivity contribution >= 4 is 11.8 Å². The number of fused-ring (bicyclic) bond motifs is 1. The first-order valence-corrected chi connectivity index (χ1v) is 10.6. The first kappa shape index (κ1) is 20.9. The second kappa shape index (κ2) is 9.21. The molecule has 2 atom stereocenters. The lowest BCUT2D eigenvalue weighted by Gasteiger charge is -2.38. The van der Waals surface area contributed by atoms with Crippen LogP contribution in [0.4, 0.5) is 0 Å². The Hall–Kier alpha value is -3.34. The Kier molecular flexibility index (Phi) is 6.21. The van der Waals surface area contributed by atoms with Gasteiger partial charge in [0.15, 0.2) is 0 Å². The summed E-state index contributed by atoms with van der Waals surface area (Å²) >= 11 is 0. The number of nitrogens with one attached hydrogen (secondary N) is 1. The molecule has 0 fully saturated rings. The van der Waals surface area contributed by atoms with Gasteiger partial charge in [0.25, 0.3) is 0 Å². The first-order valence-electron chi connectivity index (χ1n) is 10.6. The Morgan fingerprint density at radius 2 is 1.90 bits per heavy atom. The Balaban J connectivity index is 1.65. The number of Topliss-reactive ketones (excluding diaryl/α,β-unsaturated/α-hetero) is 1. The van der Waals surface area contributed by atoms with Crippen LogP contribution in [0.5, 0.6) is 5.75 Å². The Labute approximate surface area is 182 Å². The third kappa shape index (κ3) is 4.41. The second-order valence-corrected chi connectivity index (χ2v) is 7.93. The number of methoxy groups -OCH3 is 1. The molecular formula is C26H27NO4. The number of esters is 1. The van der Waals surface area contributed by atoms with Crippen molar-refractivity contribution in [2.45, 2.75) is 32.1 Å². The molecule has 1 N–H and O–H groups in total. The van der Waals surface area contributed by atoms with Gasteiger partial charge < -0.3 is 14.8 Å². The Morgan fingerprint density at radius 3 is 2.68 bits per heavy atom. The van der Waals surface area contributed by atoms with Crippen LogP contribution < -0.4 is 10.1 Å². The summed E-state index contributed by atoms with van der Waals surface area (Å²) < 4.78 is 11.1. The minimum absolute atomic E-state index is 0.139. The van der Waals surface area contributed by atoms with Crippen LogP contribution in [0.2, 0.25) is 0 Å². The molecule has 0 spiro atoms. The maximum atomic E-state index is 13.2. The first-order chi connectivity index (χ1) is 15.1.